The zero-order valence-electron chi connectivity index (χ0n) is 12.4. The molecule has 5 nitrogen and oxygen atoms in total. The number of ether oxygens (including phenoxy) is 1. The maximum absolute atomic E-state index is 12.3. The summed E-state index contributed by atoms with van der Waals surface area (Å²) < 4.78 is 8.64. The summed E-state index contributed by atoms with van der Waals surface area (Å²) in [6.07, 6.45) is 5.19. The van der Waals surface area contributed by atoms with Crippen molar-refractivity contribution < 1.29 is 4.74 Å². The minimum absolute atomic E-state index is 0.0768. The Labute approximate surface area is 128 Å². The standard InChI is InChI=1S/C17H17N3O2/c1-3-9-19-10-11-20-16(17(19)21)12-15(18-20)13-5-7-14(8-6-13)22-4-2/h3,5-8,10-12H,1,4,9H2,2H3. The van der Waals surface area contributed by atoms with Gasteiger partial charge >= 0.3 is 0 Å². The zero-order valence-corrected chi connectivity index (χ0v) is 12.4. The van der Waals surface area contributed by atoms with Gasteiger partial charge in [0.1, 0.15) is 11.3 Å². The van der Waals surface area contributed by atoms with E-state index in [-0.39, 0.29) is 5.56 Å². The molecule has 0 fully saturated rings. The lowest BCUT2D eigenvalue weighted by Gasteiger charge is -2.02. The van der Waals surface area contributed by atoms with E-state index in [2.05, 4.69) is 11.7 Å². The fourth-order valence-electron chi connectivity index (χ4n) is 2.34. The molecule has 5 heteroatoms. The van der Waals surface area contributed by atoms with Crippen LogP contribution < -0.4 is 10.3 Å². The van der Waals surface area contributed by atoms with Gasteiger partial charge in [-0.2, -0.15) is 5.10 Å². The van der Waals surface area contributed by atoms with E-state index in [0.717, 1.165) is 17.0 Å². The van der Waals surface area contributed by atoms with E-state index in [9.17, 15) is 4.79 Å². The predicted molar refractivity (Wildman–Crippen MR) is 86.3 cm³/mol. The van der Waals surface area contributed by atoms with Gasteiger partial charge < -0.3 is 9.30 Å². The maximum atomic E-state index is 12.3. The number of nitrogens with zero attached hydrogens (tertiary/aromatic N) is 3. The fourth-order valence-corrected chi connectivity index (χ4v) is 2.34. The van der Waals surface area contributed by atoms with Crippen LogP contribution >= 0.6 is 0 Å². The van der Waals surface area contributed by atoms with E-state index in [1.807, 2.05) is 31.2 Å². The van der Waals surface area contributed by atoms with Crippen molar-refractivity contribution in [2.45, 2.75) is 13.5 Å². The topological polar surface area (TPSA) is 48.5 Å². The summed E-state index contributed by atoms with van der Waals surface area (Å²) in [6, 6.07) is 9.49. The average Bonchev–Trinajstić information content (AvgIpc) is 2.96. The third kappa shape index (κ3) is 2.53. The molecule has 0 bridgehead atoms. The highest BCUT2D eigenvalue weighted by molar-refractivity contribution is 5.66. The number of allylic oxidation sites excluding steroid dienone is 1. The quantitative estimate of drug-likeness (QED) is 0.680. The van der Waals surface area contributed by atoms with E-state index in [1.165, 1.54) is 0 Å². The molecule has 0 aliphatic heterocycles. The summed E-state index contributed by atoms with van der Waals surface area (Å²) in [7, 11) is 0. The SMILES string of the molecule is C=CCn1ccn2nc(-c3ccc(OCC)cc3)cc2c1=O. The van der Waals surface area contributed by atoms with Gasteiger partial charge in [0.15, 0.2) is 0 Å². The Bertz CT molecular complexity index is 860. The smallest absolute Gasteiger partial charge is 0.276 e. The van der Waals surface area contributed by atoms with Gasteiger partial charge in [-0.25, -0.2) is 4.52 Å². The Kier molecular flexibility index (Phi) is 3.78. The molecule has 0 saturated heterocycles. The second-order valence-electron chi connectivity index (χ2n) is 4.86. The summed E-state index contributed by atoms with van der Waals surface area (Å²) in [5.41, 5.74) is 2.18. The highest BCUT2D eigenvalue weighted by Crippen LogP contribution is 2.21. The molecule has 3 rings (SSSR count). The van der Waals surface area contributed by atoms with Crippen molar-refractivity contribution in [3.05, 3.63) is 65.7 Å². The van der Waals surface area contributed by atoms with Crippen LogP contribution in [0.15, 0.2) is 60.2 Å². The van der Waals surface area contributed by atoms with Crippen LogP contribution in [0.3, 0.4) is 0 Å². The highest BCUT2D eigenvalue weighted by Gasteiger charge is 2.08. The molecular formula is C17H17N3O2. The number of rotatable bonds is 5. The van der Waals surface area contributed by atoms with Crippen LogP contribution in [0, 0.1) is 0 Å². The number of aromatic nitrogens is 3. The maximum Gasteiger partial charge on any atom is 0.276 e. The van der Waals surface area contributed by atoms with Crippen molar-refractivity contribution in [1.82, 2.24) is 14.2 Å². The molecule has 1 aromatic carbocycles. The molecule has 2 heterocycles. The Balaban J connectivity index is 2.03. The van der Waals surface area contributed by atoms with Crippen LogP contribution in [-0.4, -0.2) is 20.8 Å². The zero-order chi connectivity index (χ0) is 15.5. The van der Waals surface area contributed by atoms with E-state index in [4.69, 9.17) is 4.74 Å². The van der Waals surface area contributed by atoms with Crippen LogP contribution in [0.1, 0.15) is 6.92 Å². The summed E-state index contributed by atoms with van der Waals surface area (Å²) in [5.74, 6) is 0.823. The normalized spacial score (nSPS) is 10.8. The lowest BCUT2D eigenvalue weighted by atomic mass is 10.1. The monoisotopic (exact) mass is 295 g/mol. The van der Waals surface area contributed by atoms with Crippen molar-refractivity contribution >= 4 is 5.52 Å². The molecule has 0 N–H and O–H groups in total. The van der Waals surface area contributed by atoms with Crippen molar-refractivity contribution in [3.8, 4) is 17.0 Å². The molecule has 112 valence electrons. The first-order valence-electron chi connectivity index (χ1n) is 7.16. The molecule has 3 aromatic rings. The molecular weight excluding hydrogens is 278 g/mol. The van der Waals surface area contributed by atoms with Crippen molar-refractivity contribution in [3.63, 3.8) is 0 Å². The molecule has 0 aliphatic rings. The third-order valence-electron chi connectivity index (χ3n) is 3.39. The van der Waals surface area contributed by atoms with Gasteiger partial charge in [0.05, 0.1) is 12.3 Å². The Morgan fingerprint density at radius 3 is 2.73 bits per heavy atom. The van der Waals surface area contributed by atoms with Crippen molar-refractivity contribution in [1.29, 1.82) is 0 Å². The van der Waals surface area contributed by atoms with Gasteiger partial charge in [0.2, 0.25) is 0 Å². The Morgan fingerprint density at radius 2 is 2.05 bits per heavy atom. The minimum Gasteiger partial charge on any atom is -0.494 e. The van der Waals surface area contributed by atoms with Crippen LogP contribution in [0.5, 0.6) is 5.75 Å². The molecule has 0 aliphatic carbocycles. The first-order valence-corrected chi connectivity index (χ1v) is 7.16. The van der Waals surface area contributed by atoms with E-state index in [0.29, 0.717) is 18.7 Å². The lowest BCUT2D eigenvalue weighted by molar-refractivity contribution is 0.340. The number of hydrogen-bond acceptors (Lipinski definition) is 3. The molecule has 0 spiro atoms. The van der Waals surface area contributed by atoms with E-state index >= 15 is 0 Å². The average molecular weight is 295 g/mol. The fraction of sp³-hybridized carbons (Fsp3) is 0.176. The van der Waals surface area contributed by atoms with Gasteiger partial charge in [0.25, 0.3) is 5.56 Å². The summed E-state index contributed by atoms with van der Waals surface area (Å²) in [6.45, 7) is 6.73. The Morgan fingerprint density at radius 1 is 1.27 bits per heavy atom. The molecule has 22 heavy (non-hydrogen) atoms. The number of benzene rings is 1. The van der Waals surface area contributed by atoms with E-state index < -0.39 is 0 Å². The van der Waals surface area contributed by atoms with Crippen molar-refractivity contribution in [2.75, 3.05) is 6.61 Å². The molecule has 0 radical (unpaired) electrons. The van der Waals surface area contributed by atoms with Crippen LogP contribution in [-0.2, 0) is 6.54 Å². The third-order valence-corrected chi connectivity index (χ3v) is 3.39. The highest BCUT2D eigenvalue weighted by atomic mass is 16.5. The molecule has 0 saturated carbocycles. The van der Waals surface area contributed by atoms with Gasteiger partial charge in [0, 0.05) is 24.5 Å². The number of hydrogen-bond donors (Lipinski definition) is 0. The first-order chi connectivity index (χ1) is 10.7. The first kappa shape index (κ1) is 14.1. The molecule has 2 aromatic heterocycles. The summed E-state index contributed by atoms with van der Waals surface area (Å²) in [5, 5.41) is 4.46. The van der Waals surface area contributed by atoms with Gasteiger partial charge in [-0.05, 0) is 37.3 Å². The van der Waals surface area contributed by atoms with Crippen molar-refractivity contribution in [2.24, 2.45) is 0 Å². The van der Waals surface area contributed by atoms with Gasteiger partial charge in [-0.1, -0.05) is 6.08 Å². The molecule has 0 amide bonds. The Hall–Kier alpha value is -2.82. The second kappa shape index (κ2) is 5.89. The van der Waals surface area contributed by atoms with E-state index in [1.54, 1.807) is 33.6 Å². The lowest BCUT2D eigenvalue weighted by Crippen LogP contribution is -2.20. The second-order valence-corrected chi connectivity index (χ2v) is 4.86. The summed E-state index contributed by atoms with van der Waals surface area (Å²) in [4.78, 5) is 12.3. The minimum atomic E-state index is -0.0768. The van der Waals surface area contributed by atoms with Crippen LogP contribution in [0.25, 0.3) is 16.8 Å². The summed E-state index contributed by atoms with van der Waals surface area (Å²) >= 11 is 0. The molecule has 0 unspecified atom stereocenters. The predicted octanol–water partition coefficient (Wildman–Crippen LogP) is 2.75. The largest absolute Gasteiger partial charge is 0.494 e. The van der Waals surface area contributed by atoms with Crippen LogP contribution in [0.4, 0.5) is 0 Å². The van der Waals surface area contributed by atoms with Crippen LogP contribution in [0.2, 0.25) is 0 Å². The van der Waals surface area contributed by atoms with Gasteiger partial charge in [-0.15, -0.1) is 6.58 Å². The molecule has 0 atom stereocenters. The number of fused-ring (bicyclic) bond motifs is 1. The van der Waals surface area contributed by atoms with Gasteiger partial charge in [-0.3, -0.25) is 4.79 Å².